The van der Waals surface area contributed by atoms with E-state index in [-0.39, 0.29) is 60.3 Å². The Morgan fingerprint density at radius 1 is 0.800 bits per heavy atom. The molecule has 0 aliphatic heterocycles. The number of hydrogen-bond acceptors (Lipinski definition) is 11. The molecule has 2 aromatic carbocycles. The summed E-state index contributed by atoms with van der Waals surface area (Å²) in [5, 5.41) is 0.0114. The van der Waals surface area contributed by atoms with E-state index in [1.807, 2.05) is 0 Å². The van der Waals surface area contributed by atoms with E-state index in [2.05, 4.69) is 0 Å². The summed E-state index contributed by atoms with van der Waals surface area (Å²) in [7, 11) is -9.80. The molecule has 0 aliphatic rings. The van der Waals surface area contributed by atoms with E-state index in [4.69, 9.17) is 27.8 Å². The van der Waals surface area contributed by atoms with Gasteiger partial charge in [-0.25, -0.2) is 0 Å². The third-order valence-electron chi connectivity index (χ3n) is 6.20. The molecular weight excluding hydrogens is 646 g/mol. The van der Waals surface area contributed by atoms with Crippen LogP contribution in [0.25, 0.3) is 0 Å². The first-order chi connectivity index (χ1) is 21.2. The first-order valence-corrected chi connectivity index (χ1v) is 18.6. The van der Waals surface area contributed by atoms with Crippen LogP contribution in [0, 0.1) is 11.8 Å². The van der Waals surface area contributed by atoms with E-state index in [1.165, 1.54) is 6.07 Å². The minimum atomic E-state index is -4.19. The fourth-order valence-electron chi connectivity index (χ4n) is 3.74. The fourth-order valence-corrected chi connectivity index (χ4v) is 6.84. The molecule has 0 saturated carbocycles. The van der Waals surface area contributed by atoms with Crippen LogP contribution >= 0.6 is 16.1 Å². The van der Waals surface area contributed by atoms with Gasteiger partial charge in [-0.05, 0) is 52.7 Å². The van der Waals surface area contributed by atoms with Crippen molar-refractivity contribution in [3.05, 3.63) is 48.0 Å². The van der Waals surface area contributed by atoms with Gasteiger partial charge in [-0.1, -0.05) is 68.8 Å². The Bertz CT molecular complexity index is 1430. The van der Waals surface area contributed by atoms with Crippen molar-refractivity contribution in [3.8, 4) is 11.5 Å². The van der Waals surface area contributed by atoms with Crippen molar-refractivity contribution < 1.29 is 54.9 Å². The minimum absolute atomic E-state index is 0.00216. The van der Waals surface area contributed by atoms with E-state index < -0.39 is 56.4 Å². The number of carbonyl (C=O) groups is 2. The van der Waals surface area contributed by atoms with Gasteiger partial charge in [0.25, 0.3) is 33.3 Å². The zero-order valence-electron chi connectivity index (χ0n) is 26.3. The Labute approximate surface area is 266 Å². The normalized spacial score (nSPS) is 13.7. The molecule has 15 heteroatoms. The molecule has 1 N–H and O–H groups in total. The highest BCUT2D eigenvalue weighted by Gasteiger charge is 2.44. The second-order valence-corrected chi connectivity index (χ2v) is 14.7. The highest BCUT2D eigenvalue weighted by molar-refractivity contribution is 7.85. The maximum atomic E-state index is 14.1. The molecular formula is C30H42O12P2S+2. The molecule has 12 nitrogen and oxygen atoms in total. The van der Waals surface area contributed by atoms with Crippen LogP contribution in [0.15, 0.2) is 42.5 Å². The Balaban J connectivity index is 2.68. The number of benzene rings is 2. The summed E-state index contributed by atoms with van der Waals surface area (Å²) in [6, 6.07) is 11.5. The van der Waals surface area contributed by atoms with Crippen LogP contribution in [0.4, 0.5) is 0 Å². The van der Waals surface area contributed by atoms with E-state index in [0.717, 1.165) is 0 Å². The summed E-state index contributed by atoms with van der Waals surface area (Å²) in [6.07, 6.45) is -1.64. The quantitative estimate of drug-likeness (QED) is 0.0573. The number of esters is 2. The third kappa shape index (κ3) is 12.9. The van der Waals surface area contributed by atoms with Crippen molar-refractivity contribution in [3.63, 3.8) is 0 Å². The summed E-state index contributed by atoms with van der Waals surface area (Å²) >= 11 is 0. The summed E-state index contributed by atoms with van der Waals surface area (Å²) in [5.41, 5.74) is 0.423. The Kier molecular flexibility index (Phi) is 15.7. The van der Waals surface area contributed by atoms with Crippen LogP contribution in [0.5, 0.6) is 11.5 Å². The van der Waals surface area contributed by atoms with Crippen LogP contribution < -0.4 is 15.3 Å². The molecule has 248 valence electrons. The number of hydrogen-bond donors (Lipinski definition) is 1. The van der Waals surface area contributed by atoms with Gasteiger partial charge in [-0.3, -0.25) is 14.1 Å². The predicted octanol–water partition coefficient (Wildman–Crippen LogP) is 6.33. The molecule has 0 heterocycles. The highest BCUT2D eigenvalue weighted by atomic mass is 32.2. The number of unbranched alkanes of at least 4 members (excludes halogenated alkanes) is 1. The maximum absolute atomic E-state index is 14.1. The second kappa shape index (κ2) is 18.4. The lowest BCUT2D eigenvalue weighted by Crippen LogP contribution is -2.27. The molecule has 0 bridgehead atoms. The van der Waals surface area contributed by atoms with Gasteiger partial charge in [0.1, 0.15) is 5.75 Å². The smallest absolute Gasteiger partial charge is 0.448 e. The molecule has 0 amide bonds. The van der Waals surface area contributed by atoms with Gasteiger partial charge in [-0.15, -0.1) is 0 Å². The van der Waals surface area contributed by atoms with E-state index in [0.29, 0.717) is 11.3 Å². The summed E-state index contributed by atoms with van der Waals surface area (Å²) in [6.45, 7) is 10.1. The maximum Gasteiger partial charge on any atom is 0.557 e. The first-order valence-electron chi connectivity index (χ1n) is 14.7. The largest absolute Gasteiger partial charge is 0.557 e. The molecule has 0 fully saturated rings. The lowest BCUT2D eigenvalue weighted by Gasteiger charge is -2.17. The van der Waals surface area contributed by atoms with Gasteiger partial charge < -0.3 is 14.2 Å². The highest BCUT2D eigenvalue weighted by Crippen LogP contribution is 2.39. The van der Waals surface area contributed by atoms with Gasteiger partial charge >= 0.3 is 28.0 Å². The lowest BCUT2D eigenvalue weighted by molar-refractivity contribution is -0.169. The molecule has 0 aromatic heterocycles. The van der Waals surface area contributed by atoms with Crippen molar-refractivity contribution in [2.24, 2.45) is 11.8 Å². The van der Waals surface area contributed by atoms with Crippen LogP contribution in [0.2, 0.25) is 0 Å². The van der Waals surface area contributed by atoms with E-state index in [1.54, 1.807) is 77.9 Å². The monoisotopic (exact) mass is 688 g/mol. The molecule has 2 aromatic rings. The molecule has 4 atom stereocenters. The Morgan fingerprint density at radius 2 is 1.33 bits per heavy atom. The average Bonchev–Trinajstić information content (AvgIpc) is 2.98. The van der Waals surface area contributed by atoms with Gasteiger partial charge in [-0.2, -0.15) is 8.42 Å². The first kappa shape index (κ1) is 38.4. The molecule has 45 heavy (non-hydrogen) atoms. The topological polar surface area (TPSA) is 169 Å². The zero-order chi connectivity index (χ0) is 33.7. The third-order valence-corrected chi connectivity index (χ3v) is 9.40. The van der Waals surface area contributed by atoms with E-state index in [9.17, 15) is 27.1 Å². The van der Waals surface area contributed by atoms with Crippen molar-refractivity contribution in [2.75, 3.05) is 5.75 Å². The Morgan fingerprint density at radius 3 is 1.82 bits per heavy atom. The van der Waals surface area contributed by atoms with Crippen molar-refractivity contribution in [1.29, 1.82) is 0 Å². The summed E-state index contributed by atoms with van der Waals surface area (Å²) in [4.78, 5) is 24.1. The van der Waals surface area contributed by atoms with Crippen LogP contribution in [0.3, 0.4) is 0 Å². The van der Waals surface area contributed by atoms with Gasteiger partial charge in [0.15, 0.2) is 0 Å². The number of carbonyl (C=O) groups excluding carboxylic acids is 2. The van der Waals surface area contributed by atoms with E-state index >= 15 is 0 Å². The van der Waals surface area contributed by atoms with Gasteiger partial charge in [0.2, 0.25) is 5.75 Å². The summed E-state index contributed by atoms with van der Waals surface area (Å²) < 4.78 is 88.0. The predicted molar refractivity (Wildman–Crippen MR) is 169 cm³/mol. The SMILES string of the molecule is CCC(=O)OC(O[P+](=O)c1ccc(CCCCS(=O)(=O)O)c([P+](=O)OC(OC(=O)CC)C(C)C)c1Oc1ccccc1)C(C)C. The minimum Gasteiger partial charge on any atom is -0.448 e. The van der Waals surface area contributed by atoms with Crippen molar-refractivity contribution >= 4 is 48.7 Å². The van der Waals surface area contributed by atoms with Crippen molar-refractivity contribution in [1.82, 2.24) is 0 Å². The standard InChI is InChI=1S/C30H41O12P2S/c1-7-25(31)39-29(20(3)4)41-43(33)24-18-17-22(14-12-13-19-45(35,36)37)28(27(24)38-23-15-10-9-11-16-23)44(34)42-30(21(5)6)40-26(32)8-2/h9-11,15-18,20-21,29-30H,7-8,12-14,19H2,1-6H3/q+1/p+1. The Hall–Kier alpha value is -2.79. The number of aryl methyl sites for hydroxylation is 1. The van der Waals surface area contributed by atoms with Crippen LogP contribution in [-0.4, -0.2) is 43.2 Å². The van der Waals surface area contributed by atoms with Gasteiger partial charge in [0, 0.05) is 30.2 Å². The molecule has 0 saturated heterocycles. The van der Waals surface area contributed by atoms with Crippen LogP contribution in [0.1, 0.15) is 72.8 Å². The zero-order valence-corrected chi connectivity index (χ0v) is 28.9. The molecule has 2 rings (SSSR count). The molecule has 0 spiro atoms. The van der Waals surface area contributed by atoms with Gasteiger partial charge in [0.05, 0.1) is 5.75 Å². The fraction of sp³-hybridized carbons (Fsp3) is 0.533. The number of para-hydroxylation sites is 1. The van der Waals surface area contributed by atoms with Crippen molar-refractivity contribution in [2.45, 2.75) is 86.2 Å². The average molecular weight is 689 g/mol. The number of ether oxygens (including phenoxy) is 3. The lowest BCUT2D eigenvalue weighted by atomic mass is 10.1. The molecule has 0 radical (unpaired) electrons. The molecule has 4 unspecified atom stereocenters. The summed E-state index contributed by atoms with van der Waals surface area (Å²) in [5.74, 6) is -2.10. The second-order valence-electron chi connectivity index (χ2n) is 10.7. The van der Waals surface area contributed by atoms with Crippen LogP contribution in [-0.2, 0) is 53.8 Å². The number of rotatable bonds is 19. The molecule has 0 aliphatic carbocycles.